The Morgan fingerprint density at radius 3 is 2.65 bits per heavy atom. The van der Waals surface area contributed by atoms with Crippen LogP contribution in [0.3, 0.4) is 0 Å². The first-order valence-corrected chi connectivity index (χ1v) is 7.73. The van der Waals surface area contributed by atoms with Gasteiger partial charge in [0.15, 0.2) is 0 Å². The van der Waals surface area contributed by atoms with E-state index in [0.717, 1.165) is 45.8 Å². The molecule has 0 N–H and O–H groups in total. The molecule has 0 saturated carbocycles. The van der Waals surface area contributed by atoms with E-state index in [1.165, 1.54) is 0 Å². The monoisotopic (exact) mass is 282 g/mol. The van der Waals surface area contributed by atoms with Crippen molar-refractivity contribution >= 4 is 5.91 Å². The van der Waals surface area contributed by atoms with Crippen LogP contribution in [0.25, 0.3) is 0 Å². The number of rotatable bonds is 7. The van der Waals surface area contributed by atoms with Crippen LogP contribution in [0.2, 0.25) is 0 Å². The van der Waals surface area contributed by atoms with Gasteiger partial charge < -0.3 is 9.64 Å². The molecule has 1 fully saturated rings. The van der Waals surface area contributed by atoms with Crippen LogP contribution in [0.1, 0.15) is 34.1 Å². The van der Waals surface area contributed by atoms with Crippen LogP contribution in [0.15, 0.2) is 12.7 Å². The third-order valence-corrected chi connectivity index (χ3v) is 4.45. The number of ether oxygens (including phenoxy) is 1. The van der Waals surface area contributed by atoms with Gasteiger partial charge in [0.1, 0.15) is 0 Å². The van der Waals surface area contributed by atoms with E-state index in [0.29, 0.717) is 6.04 Å². The van der Waals surface area contributed by atoms with Gasteiger partial charge in [-0.1, -0.05) is 13.0 Å². The Morgan fingerprint density at radius 1 is 1.45 bits per heavy atom. The highest BCUT2D eigenvalue weighted by atomic mass is 16.5. The molecule has 4 heteroatoms. The third-order valence-electron chi connectivity index (χ3n) is 4.45. The molecule has 0 radical (unpaired) electrons. The molecule has 1 amide bonds. The summed E-state index contributed by atoms with van der Waals surface area (Å²) in [6, 6.07) is 0.388. The number of amides is 1. The zero-order valence-electron chi connectivity index (χ0n) is 13.5. The number of carbonyl (C=O) groups excluding carboxylic acids is 1. The number of hydrogen-bond donors (Lipinski definition) is 0. The quantitative estimate of drug-likeness (QED) is 0.530. The lowest BCUT2D eigenvalue weighted by atomic mass is 9.85. The van der Waals surface area contributed by atoms with Crippen LogP contribution in [-0.4, -0.2) is 61.1 Å². The fourth-order valence-electron chi connectivity index (χ4n) is 2.58. The molecular formula is C16H30N2O2. The zero-order valence-corrected chi connectivity index (χ0v) is 13.5. The molecule has 1 heterocycles. The minimum atomic E-state index is -0.423. The van der Waals surface area contributed by atoms with Crippen molar-refractivity contribution in [3.63, 3.8) is 0 Å². The molecule has 0 aromatic heterocycles. The van der Waals surface area contributed by atoms with Crippen LogP contribution >= 0.6 is 0 Å². The van der Waals surface area contributed by atoms with Gasteiger partial charge in [-0.2, -0.15) is 0 Å². The average molecular weight is 282 g/mol. The molecule has 0 bridgehead atoms. The molecule has 1 saturated heterocycles. The molecular weight excluding hydrogens is 252 g/mol. The van der Waals surface area contributed by atoms with Gasteiger partial charge in [-0.25, -0.2) is 0 Å². The highest BCUT2D eigenvalue weighted by Crippen LogP contribution is 2.26. The Balaban J connectivity index is 2.54. The van der Waals surface area contributed by atoms with Crippen LogP contribution in [-0.2, 0) is 9.53 Å². The second-order valence-corrected chi connectivity index (χ2v) is 5.81. The molecule has 0 unspecified atom stereocenters. The highest BCUT2D eigenvalue weighted by molar-refractivity contribution is 5.84. The lowest BCUT2D eigenvalue weighted by molar-refractivity contribution is -0.142. The number of hydrogen-bond acceptors (Lipinski definition) is 3. The molecule has 2 atom stereocenters. The van der Waals surface area contributed by atoms with Crippen molar-refractivity contribution in [2.75, 3.05) is 39.4 Å². The van der Waals surface area contributed by atoms with E-state index in [2.05, 4.69) is 18.4 Å². The van der Waals surface area contributed by atoms with E-state index in [-0.39, 0.29) is 5.91 Å². The summed E-state index contributed by atoms with van der Waals surface area (Å²) in [5, 5.41) is 0. The Morgan fingerprint density at radius 2 is 2.15 bits per heavy atom. The Labute approximate surface area is 123 Å². The van der Waals surface area contributed by atoms with Gasteiger partial charge >= 0.3 is 0 Å². The van der Waals surface area contributed by atoms with E-state index >= 15 is 0 Å². The lowest BCUT2D eigenvalue weighted by Gasteiger charge is -2.42. The maximum atomic E-state index is 12.6. The third kappa shape index (κ3) is 4.06. The summed E-state index contributed by atoms with van der Waals surface area (Å²) in [5.74, 6) is 0.214. The molecule has 0 spiro atoms. The lowest BCUT2D eigenvalue weighted by Crippen LogP contribution is -2.56. The molecule has 20 heavy (non-hydrogen) atoms. The summed E-state index contributed by atoms with van der Waals surface area (Å²) >= 11 is 0. The summed E-state index contributed by atoms with van der Waals surface area (Å²) in [6.07, 6.45) is 2.59. The summed E-state index contributed by atoms with van der Waals surface area (Å²) in [6.45, 7) is 17.1. The van der Waals surface area contributed by atoms with E-state index in [4.69, 9.17) is 4.74 Å². The van der Waals surface area contributed by atoms with Crippen LogP contribution in [0.5, 0.6) is 0 Å². The number of piperazine rings is 1. The summed E-state index contributed by atoms with van der Waals surface area (Å²) in [5.41, 5.74) is -0.423. The smallest absolute Gasteiger partial charge is 0.232 e. The van der Waals surface area contributed by atoms with Gasteiger partial charge in [0.05, 0.1) is 12.0 Å². The van der Waals surface area contributed by atoms with Crippen molar-refractivity contribution in [1.29, 1.82) is 0 Å². The molecule has 1 rings (SSSR count). The van der Waals surface area contributed by atoms with E-state index in [1.807, 2.05) is 25.7 Å². The van der Waals surface area contributed by atoms with Crippen molar-refractivity contribution < 1.29 is 9.53 Å². The minimum Gasteiger partial charge on any atom is -0.380 e. The summed E-state index contributed by atoms with van der Waals surface area (Å²) in [7, 11) is 0. The summed E-state index contributed by atoms with van der Waals surface area (Å²) < 4.78 is 5.41. The van der Waals surface area contributed by atoms with Gasteiger partial charge in [-0.3, -0.25) is 9.69 Å². The van der Waals surface area contributed by atoms with Crippen molar-refractivity contribution in [1.82, 2.24) is 9.80 Å². The molecule has 0 aliphatic carbocycles. The molecule has 116 valence electrons. The first-order chi connectivity index (χ1) is 9.48. The van der Waals surface area contributed by atoms with Crippen molar-refractivity contribution in [2.24, 2.45) is 5.41 Å². The minimum absolute atomic E-state index is 0.214. The second kappa shape index (κ2) is 7.79. The number of carbonyl (C=O) groups is 1. The van der Waals surface area contributed by atoms with Gasteiger partial charge in [0.25, 0.3) is 0 Å². The van der Waals surface area contributed by atoms with E-state index < -0.39 is 5.41 Å². The second-order valence-electron chi connectivity index (χ2n) is 5.81. The Kier molecular flexibility index (Phi) is 6.69. The molecule has 0 aromatic carbocycles. The Bertz CT molecular complexity index is 332. The Hall–Kier alpha value is -0.870. The van der Waals surface area contributed by atoms with Crippen molar-refractivity contribution in [2.45, 2.75) is 40.2 Å². The van der Waals surface area contributed by atoms with E-state index in [9.17, 15) is 4.79 Å². The standard InChI is InChI=1S/C16H30N2O2/c1-6-16(5,7-2)15(19)18-10-9-17(14(4)13-18)11-12-20-8-3/h6,14H,1,7-13H2,2-5H3/t14-,16+/m1/s1. The van der Waals surface area contributed by atoms with Gasteiger partial charge in [0.2, 0.25) is 5.91 Å². The van der Waals surface area contributed by atoms with Crippen LogP contribution in [0, 0.1) is 5.41 Å². The van der Waals surface area contributed by atoms with Crippen LogP contribution < -0.4 is 0 Å². The molecule has 4 nitrogen and oxygen atoms in total. The normalized spacial score (nSPS) is 23.4. The zero-order chi connectivity index (χ0) is 15.2. The largest absolute Gasteiger partial charge is 0.380 e. The van der Waals surface area contributed by atoms with E-state index in [1.54, 1.807) is 6.08 Å². The van der Waals surface area contributed by atoms with Gasteiger partial charge in [0, 0.05) is 38.8 Å². The fourth-order valence-corrected chi connectivity index (χ4v) is 2.58. The fraction of sp³-hybridized carbons (Fsp3) is 0.812. The first-order valence-electron chi connectivity index (χ1n) is 7.73. The van der Waals surface area contributed by atoms with Crippen LogP contribution in [0.4, 0.5) is 0 Å². The molecule has 0 aromatic rings. The van der Waals surface area contributed by atoms with Crippen molar-refractivity contribution in [3.8, 4) is 0 Å². The van der Waals surface area contributed by atoms with Gasteiger partial charge in [-0.05, 0) is 27.2 Å². The molecule has 1 aliphatic rings. The predicted octanol–water partition coefficient (Wildman–Crippen LogP) is 2.16. The SMILES string of the molecule is C=C[C@@](C)(CC)C(=O)N1CCN(CCOCC)[C@H](C)C1. The number of nitrogens with zero attached hydrogens (tertiary/aromatic N) is 2. The summed E-state index contributed by atoms with van der Waals surface area (Å²) in [4.78, 5) is 17.0. The average Bonchev–Trinajstić information content (AvgIpc) is 2.47. The predicted molar refractivity (Wildman–Crippen MR) is 82.7 cm³/mol. The first kappa shape index (κ1) is 17.2. The maximum absolute atomic E-state index is 12.6. The van der Waals surface area contributed by atoms with Crippen molar-refractivity contribution in [3.05, 3.63) is 12.7 Å². The molecule has 1 aliphatic heterocycles. The maximum Gasteiger partial charge on any atom is 0.232 e. The van der Waals surface area contributed by atoms with Gasteiger partial charge in [-0.15, -0.1) is 6.58 Å². The topological polar surface area (TPSA) is 32.8 Å². The highest BCUT2D eigenvalue weighted by Gasteiger charge is 2.35.